The van der Waals surface area contributed by atoms with Crippen molar-refractivity contribution in [2.75, 3.05) is 0 Å². The van der Waals surface area contributed by atoms with Crippen LogP contribution in [0.5, 0.6) is 0 Å². The molecule has 0 aromatic rings. The monoisotopic (exact) mass is 384 g/mol. The fraction of sp³-hybridized carbons (Fsp3) is 0.857. The van der Waals surface area contributed by atoms with Gasteiger partial charge in [-0.1, -0.05) is 52.4 Å². The maximum atomic E-state index is 11.5. The van der Waals surface area contributed by atoms with Crippen molar-refractivity contribution in [3.8, 4) is 0 Å². The van der Waals surface area contributed by atoms with Crippen molar-refractivity contribution < 1.29 is 9.59 Å². The predicted molar refractivity (Wildman–Crippen MR) is 104 cm³/mol. The summed E-state index contributed by atoms with van der Waals surface area (Å²) in [5.74, 6) is 0.165. The minimum atomic E-state index is 0.0826. The maximum Gasteiger partial charge on any atom is 0.230 e. The standard InChI is InChI=1S/C14H28N2O2S4/c1-3-5-7-9-11-13(17)15-19-21-22-20-16-14(18)12-10-8-6-4-2/h3-12H2,1-2H3,(H,15,17)(H,16,18). The molecule has 0 fully saturated rings. The molecule has 2 N–H and O–H groups in total. The molecule has 0 aliphatic carbocycles. The van der Waals surface area contributed by atoms with Gasteiger partial charge in [0.2, 0.25) is 11.8 Å². The van der Waals surface area contributed by atoms with Gasteiger partial charge in [-0.3, -0.25) is 19.0 Å². The third-order valence-electron chi connectivity index (χ3n) is 2.92. The quantitative estimate of drug-likeness (QED) is 0.216. The highest BCUT2D eigenvalue weighted by Gasteiger charge is 2.03. The highest BCUT2D eigenvalue weighted by molar-refractivity contribution is 9.25. The number of rotatable bonds is 15. The Morgan fingerprint density at radius 1 is 0.682 bits per heavy atom. The Balaban J connectivity index is 3.28. The van der Waals surface area contributed by atoms with Crippen molar-refractivity contribution in [2.24, 2.45) is 0 Å². The topological polar surface area (TPSA) is 58.2 Å². The van der Waals surface area contributed by atoms with Crippen LogP contribution in [0.15, 0.2) is 0 Å². The van der Waals surface area contributed by atoms with E-state index in [1.54, 1.807) is 0 Å². The van der Waals surface area contributed by atoms with Gasteiger partial charge in [0.1, 0.15) is 0 Å². The number of hydrogen-bond donors (Lipinski definition) is 2. The number of amides is 2. The average Bonchev–Trinajstić information content (AvgIpc) is 2.51. The summed E-state index contributed by atoms with van der Waals surface area (Å²) in [5.41, 5.74) is 0. The first kappa shape index (κ1) is 22.3. The van der Waals surface area contributed by atoms with E-state index >= 15 is 0 Å². The number of carbonyl (C=O) groups is 2. The first-order chi connectivity index (χ1) is 10.7. The van der Waals surface area contributed by atoms with E-state index in [0.29, 0.717) is 12.8 Å². The molecule has 0 aliphatic heterocycles. The molecule has 0 bridgehead atoms. The molecule has 0 heterocycles. The van der Waals surface area contributed by atoms with Crippen LogP contribution in [-0.4, -0.2) is 11.8 Å². The third-order valence-corrected chi connectivity index (χ3v) is 8.03. The van der Waals surface area contributed by atoms with Crippen molar-refractivity contribution in [1.82, 2.24) is 9.44 Å². The van der Waals surface area contributed by atoms with Crippen LogP contribution in [0.4, 0.5) is 0 Å². The van der Waals surface area contributed by atoms with Crippen LogP contribution in [0.25, 0.3) is 0 Å². The van der Waals surface area contributed by atoms with Gasteiger partial charge in [0.05, 0.1) is 0 Å². The first-order valence-corrected chi connectivity index (χ1v) is 12.8. The summed E-state index contributed by atoms with van der Waals surface area (Å²) >= 11 is 0. The van der Waals surface area contributed by atoms with E-state index in [9.17, 15) is 9.59 Å². The Labute approximate surface area is 150 Å². The molecule has 0 aliphatic rings. The van der Waals surface area contributed by atoms with Crippen LogP contribution >= 0.6 is 41.6 Å². The van der Waals surface area contributed by atoms with Crippen molar-refractivity contribution >= 4 is 53.4 Å². The molecule has 0 aromatic carbocycles. The number of carbonyl (C=O) groups excluding carboxylic acids is 2. The third kappa shape index (κ3) is 16.7. The molecular formula is C14H28N2O2S4. The number of hydrogen-bond acceptors (Lipinski definition) is 6. The Morgan fingerprint density at radius 3 is 1.45 bits per heavy atom. The zero-order valence-electron chi connectivity index (χ0n) is 13.5. The zero-order valence-corrected chi connectivity index (χ0v) is 16.8. The largest absolute Gasteiger partial charge is 0.290 e. The van der Waals surface area contributed by atoms with E-state index in [1.165, 1.54) is 67.3 Å². The molecule has 0 radical (unpaired) electrons. The molecule has 0 atom stereocenters. The lowest BCUT2D eigenvalue weighted by Crippen LogP contribution is -2.14. The lowest BCUT2D eigenvalue weighted by molar-refractivity contribution is -0.120. The molecule has 4 nitrogen and oxygen atoms in total. The van der Waals surface area contributed by atoms with Crippen LogP contribution in [0.3, 0.4) is 0 Å². The lowest BCUT2D eigenvalue weighted by Gasteiger charge is -2.04. The molecule has 0 spiro atoms. The second-order valence-corrected chi connectivity index (χ2v) is 10.3. The molecule has 22 heavy (non-hydrogen) atoms. The van der Waals surface area contributed by atoms with Crippen LogP contribution in [0, 0.1) is 0 Å². The predicted octanol–water partition coefficient (Wildman–Crippen LogP) is 5.67. The molecule has 0 aromatic heterocycles. The van der Waals surface area contributed by atoms with Gasteiger partial charge in [-0.2, -0.15) is 0 Å². The van der Waals surface area contributed by atoms with Crippen LogP contribution < -0.4 is 9.44 Å². The molecular weight excluding hydrogens is 356 g/mol. The summed E-state index contributed by atoms with van der Waals surface area (Å²) < 4.78 is 5.58. The Bertz CT molecular complexity index is 266. The van der Waals surface area contributed by atoms with Crippen molar-refractivity contribution in [1.29, 1.82) is 0 Å². The maximum absolute atomic E-state index is 11.5. The van der Waals surface area contributed by atoms with Gasteiger partial charge in [0.15, 0.2) is 0 Å². The van der Waals surface area contributed by atoms with Gasteiger partial charge in [-0.15, -0.1) is 0 Å². The Kier molecular flexibility index (Phi) is 18.0. The van der Waals surface area contributed by atoms with Crippen LogP contribution in [0.1, 0.15) is 78.1 Å². The molecule has 0 saturated carbocycles. The zero-order chi connectivity index (χ0) is 16.5. The van der Waals surface area contributed by atoms with E-state index in [-0.39, 0.29) is 11.8 Å². The van der Waals surface area contributed by atoms with Crippen molar-refractivity contribution in [3.63, 3.8) is 0 Å². The van der Waals surface area contributed by atoms with E-state index in [2.05, 4.69) is 23.3 Å². The van der Waals surface area contributed by atoms with E-state index in [0.717, 1.165) is 25.7 Å². The van der Waals surface area contributed by atoms with Crippen molar-refractivity contribution in [2.45, 2.75) is 78.1 Å². The van der Waals surface area contributed by atoms with Gasteiger partial charge in [-0.25, -0.2) is 0 Å². The summed E-state index contributed by atoms with van der Waals surface area (Å²) in [4.78, 5) is 23.0. The summed E-state index contributed by atoms with van der Waals surface area (Å²) in [5, 5.41) is 0. The molecule has 2 amide bonds. The molecule has 0 unspecified atom stereocenters. The van der Waals surface area contributed by atoms with E-state index < -0.39 is 0 Å². The normalized spacial score (nSPS) is 10.5. The Hall–Kier alpha value is 0.340. The highest BCUT2D eigenvalue weighted by Crippen LogP contribution is 2.39. The fourth-order valence-electron chi connectivity index (χ4n) is 1.68. The second kappa shape index (κ2) is 17.7. The van der Waals surface area contributed by atoms with Gasteiger partial charge in [0.25, 0.3) is 0 Å². The Morgan fingerprint density at radius 2 is 1.09 bits per heavy atom. The average molecular weight is 385 g/mol. The van der Waals surface area contributed by atoms with Gasteiger partial charge >= 0.3 is 0 Å². The summed E-state index contributed by atoms with van der Waals surface area (Å²) in [6.45, 7) is 4.32. The highest BCUT2D eigenvalue weighted by atomic mass is 33.7. The van der Waals surface area contributed by atoms with Crippen molar-refractivity contribution in [3.05, 3.63) is 0 Å². The summed E-state index contributed by atoms with van der Waals surface area (Å²) in [6, 6.07) is 0. The minimum absolute atomic E-state index is 0.0826. The van der Waals surface area contributed by atoms with Crippen LogP contribution in [-0.2, 0) is 9.59 Å². The lowest BCUT2D eigenvalue weighted by atomic mass is 10.1. The SMILES string of the molecule is CCCCCCC(=O)NSSSSNC(=O)CCCCCC. The van der Waals surface area contributed by atoms with E-state index in [4.69, 9.17) is 0 Å². The summed E-state index contributed by atoms with van der Waals surface area (Å²) in [7, 11) is 5.52. The smallest absolute Gasteiger partial charge is 0.230 e. The molecule has 0 saturated heterocycles. The molecule has 8 heteroatoms. The minimum Gasteiger partial charge on any atom is -0.290 e. The van der Waals surface area contributed by atoms with Gasteiger partial charge < -0.3 is 0 Å². The summed E-state index contributed by atoms with van der Waals surface area (Å²) in [6.07, 6.45) is 10.1. The van der Waals surface area contributed by atoms with Gasteiger partial charge in [0, 0.05) is 54.5 Å². The second-order valence-electron chi connectivity index (χ2n) is 4.97. The molecule has 0 rings (SSSR count). The number of nitrogens with one attached hydrogen (secondary N) is 2. The van der Waals surface area contributed by atoms with Gasteiger partial charge in [-0.05, 0) is 12.8 Å². The fourth-order valence-corrected chi connectivity index (χ4v) is 5.74. The first-order valence-electron chi connectivity index (χ1n) is 7.94. The van der Waals surface area contributed by atoms with E-state index in [1.807, 2.05) is 0 Å². The molecule has 130 valence electrons. The number of unbranched alkanes of at least 4 members (excludes halogenated alkanes) is 6. The van der Waals surface area contributed by atoms with Crippen LogP contribution in [0.2, 0.25) is 0 Å².